The molecule has 0 spiro atoms. The minimum Gasteiger partial charge on any atom is -0.481 e. The number of hydrogen-bond donors (Lipinski definition) is 3. The quantitative estimate of drug-likeness (QED) is 0.592. The van der Waals surface area contributed by atoms with Crippen LogP contribution in [0.4, 0.5) is 0 Å². The fourth-order valence-electron chi connectivity index (χ4n) is 2.09. The molecule has 0 saturated carbocycles. The molecule has 0 atom stereocenters. The summed E-state index contributed by atoms with van der Waals surface area (Å²) in [4.78, 5) is 41.0. The number of rotatable bonds is 9. The third-order valence-corrected chi connectivity index (χ3v) is 4.23. The molecule has 3 N–H and O–H groups in total. The smallest absolute Gasteiger partial charge is 0.303 e. The molecule has 0 saturated heterocycles. The number of nitrogens with one attached hydrogen (secondary N) is 2. The summed E-state index contributed by atoms with van der Waals surface area (Å²) >= 11 is 1.51. The summed E-state index contributed by atoms with van der Waals surface area (Å²) in [5.74, 6) is 0.739. The van der Waals surface area contributed by atoms with E-state index >= 15 is 0 Å². The Kier molecular flexibility index (Phi) is 6.80. The molecular formula is C16H19N3O4S. The Morgan fingerprint density at radius 2 is 2.04 bits per heavy atom. The number of para-hydroxylation sites is 1. The number of nitrogens with zero attached hydrogens (tertiary/aromatic N) is 1. The van der Waals surface area contributed by atoms with E-state index in [2.05, 4.69) is 15.3 Å². The van der Waals surface area contributed by atoms with Gasteiger partial charge in [-0.2, -0.15) is 11.8 Å². The molecule has 128 valence electrons. The summed E-state index contributed by atoms with van der Waals surface area (Å²) in [5, 5.41) is 11.7. The molecule has 2 aromatic rings. The van der Waals surface area contributed by atoms with Gasteiger partial charge in [0.25, 0.3) is 5.56 Å². The second kappa shape index (κ2) is 9.07. The van der Waals surface area contributed by atoms with Crippen molar-refractivity contribution in [2.75, 3.05) is 12.3 Å². The van der Waals surface area contributed by atoms with Crippen molar-refractivity contribution in [2.24, 2.45) is 0 Å². The fourth-order valence-corrected chi connectivity index (χ4v) is 2.90. The summed E-state index contributed by atoms with van der Waals surface area (Å²) in [6, 6.07) is 7.15. The third-order valence-electron chi connectivity index (χ3n) is 3.26. The largest absolute Gasteiger partial charge is 0.481 e. The van der Waals surface area contributed by atoms with Crippen LogP contribution in [0.3, 0.4) is 0 Å². The van der Waals surface area contributed by atoms with Crippen LogP contribution < -0.4 is 10.9 Å². The number of H-pyrrole nitrogens is 1. The van der Waals surface area contributed by atoms with Crippen molar-refractivity contribution >= 4 is 34.5 Å². The molecule has 1 heterocycles. The maximum Gasteiger partial charge on any atom is 0.303 e. The highest BCUT2D eigenvalue weighted by atomic mass is 32.2. The van der Waals surface area contributed by atoms with Gasteiger partial charge in [-0.3, -0.25) is 14.4 Å². The lowest BCUT2D eigenvalue weighted by atomic mass is 10.2. The van der Waals surface area contributed by atoms with E-state index in [1.165, 1.54) is 11.8 Å². The highest BCUT2D eigenvalue weighted by molar-refractivity contribution is 7.98. The zero-order chi connectivity index (χ0) is 17.4. The molecular weight excluding hydrogens is 330 g/mol. The van der Waals surface area contributed by atoms with Crippen molar-refractivity contribution in [3.8, 4) is 0 Å². The molecule has 8 heteroatoms. The number of carboxylic acids is 1. The Labute approximate surface area is 142 Å². The summed E-state index contributed by atoms with van der Waals surface area (Å²) in [5.41, 5.74) is 0.500. The zero-order valence-corrected chi connectivity index (χ0v) is 13.9. The second-order valence-electron chi connectivity index (χ2n) is 5.18. The van der Waals surface area contributed by atoms with Crippen LogP contribution in [0.25, 0.3) is 10.9 Å². The Balaban J connectivity index is 1.72. The Morgan fingerprint density at radius 1 is 1.25 bits per heavy atom. The van der Waals surface area contributed by atoms with E-state index in [9.17, 15) is 14.4 Å². The summed E-state index contributed by atoms with van der Waals surface area (Å²) < 4.78 is 0. The van der Waals surface area contributed by atoms with Gasteiger partial charge < -0.3 is 15.4 Å². The molecule has 0 unspecified atom stereocenters. The van der Waals surface area contributed by atoms with E-state index in [1.54, 1.807) is 18.2 Å². The maximum atomic E-state index is 11.9. The van der Waals surface area contributed by atoms with Gasteiger partial charge in [-0.15, -0.1) is 0 Å². The minimum atomic E-state index is -0.864. The van der Waals surface area contributed by atoms with Gasteiger partial charge in [0.2, 0.25) is 5.91 Å². The topological polar surface area (TPSA) is 112 Å². The van der Waals surface area contributed by atoms with Crippen molar-refractivity contribution < 1.29 is 14.7 Å². The number of carboxylic acid groups (broad SMARTS) is 1. The SMILES string of the molecule is O=C(O)CCCNC(=O)CCSCc1nc2ccccc2c(=O)[nH]1. The van der Waals surface area contributed by atoms with Crippen molar-refractivity contribution in [3.63, 3.8) is 0 Å². The van der Waals surface area contributed by atoms with Crippen LogP contribution >= 0.6 is 11.8 Å². The number of thioether (sulfide) groups is 1. The lowest BCUT2D eigenvalue weighted by Gasteiger charge is -2.05. The van der Waals surface area contributed by atoms with Crippen molar-refractivity contribution in [3.05, 3.63) is 40.4 Å². The van der Waals surface area contributed by atoms with Crippen molar-refractivity contribution in [1.82, 2.24) is 15.3 Å². The first-order valence-electron chi connectivity index (χ1n) is 7.60. The van der Waals surface area contributed by atoms with Gasteiger partial charge in [-0.25, -0.2) is 4.98 Å². The first-order valence-corrected chi connectivity index (χ1v) is 8.76. The molecule has 0 aliphatic carbocycles. The van der Waals surface area contributed by atoms with E-state index in [4.69, 9.17) is 5.11 Å². The zero-order valence-electron chi connectivity index (χ0n) is 13.1. The van der Waals surface area contributed by atoms with E-state index in [-0.39, 0.29) is 17.9 Å². The van der Waals surface area contributed by atoms with Crippen molar-refractivity contribution in [1.29, 1.82) is 0 Å². The van der Waals surface area contributed by atoms with E-state index in [1.807, 2.05) is 6.07 Å². The van der Waals surface area contributed by atoms with Gasteiger partial charge in [0.15, 0.2) is 0 Å². The number of amides is 1. The highest BCUT2D eigenvalue weighted by Gasteiger charge is 2.05. The maximum absolute atomic E-state index is 11.9. The predicted molar refractivity (Wildman–Crippen MR) is 93.0 cm³/mol. The van der Waals surface area contributed by atoms with Crippen LogP contribution in [0.2, 0.25) is 0 Å². The Morgan fingerprint density at radius 3 is 2.83 bits per heavy atom. The molecule has 2 rings (SSSR count). The molecule has 0 bridgehead atoms. The molecule has 1 aromatic heterocycles. The number of fused-ring (bicyclic) bond motifs is 1. The molecule has 0 aliphatic rings. The molecule has 1 amide bonds. The standard InChI is InChI=1S/C16H19N3O4S/c20-14(17-8-3-6-15(21)22)7-9-24-10-13-18-12-5-2-1-4-11(12)16(23)19-13/h1-2,4-5H,3,6-10H2,(H,17,20)(H,21,22)(H,18,19,23). The van der Waals surface area contributed by atoms with E-state index < -0.39 is 5.97 Å². The molecule has 0 radical (unpaired) electrons. The van der Waals surface area contributed by atoms with E-state index in [0.717, 1.165) is 0 Å². The molecule has 24 heavy (non-hydrogen) atoms. The number of aromatic nitrogens is 2. The van der Waals surface area contributed by atoms with Gasteiger partial charge in [0, 0.05) is 25.1 Å². The molecule has 7 nitrogen and oxygen atoms in total. The molecule has 0 aliphatic heterocycles. The number of hydrogen-bond acceptors (Lipinski definition) is 5. The first-order chi connectivity index (χ1) is 11.6. The number of carbonyl (C=O) groups is 2. The van der Waals surface area contributed by atoms with Crippen LogP contribution in [0.5, 0.6) is 0 Å². The second-order valence-corrected chi connectivity index (χ2v) is 6.28. The van der Waals surface area contributed by atoms with E-state index in [0.29, 0.717) is 47.6 Å². The van der Waals surface area contributed by atoms with Crippen molar-refractivity contribution in [2.45, 2.75) is 25.0 Å². The Hall–Kier alpha value is -2.35. The Bertz CT molecular complexity index is 775. The molecule has 1 aromatic carbocycles. The van der Waals surface area contributed by atoms with Gasteiger partial charge in [-0.1, -0.05) is 12.1 Å². The predicted octanol–water partition coefficient (Wildman–Crippen LogP) is 1.53. The summed E-state index contributed by atoms with van der Waals surface area (Å²) in [6.45, 7) is 0.370. The monoisotopic (exact) mass is 349 g/mol. The average molecular weight is 349 g/mol. The number of aliphatic carboxylic acids is 1. The number of carbonyl (C=O) groups excluding carboxylic acids is 1. The number of benzene rings is 1. The van der Waals surface area contributed by atoms with Crippen LogP contribution in [0.15, 0.2) is 29.1 Å². The van der Waals surface area contributed by atoms with Gasteiger partial charge in [-0.05, 0) is 18.6 Å². The van der Waals surface area contributed by atoms with Gasteiger partial charge >= 0.3 is 5.97 Å². The van der Waals surface area contributed by atoms with Crippen LogP contribution in [-0.4, -0.2) is 39.2 Å². The molecule has 0 fully saturated rings. The minimum absolute atomic E-state index is 0.0516. The van der Waals surface area contributed by atoms with Crippen LogP contribution in [0.1, 0.15) is 25.1 Å². The number of aromatic amines is 1. The van der Waals surface area contributed by atoms with Gasteiger partial charge in [0.1, 0.15) is 5.82 Å². The average Bonchev–Trinajstić information content (AvgIpc) is 2.55. The van der Waals surface area contributed by atoms with Crippen LogP contribution in [-0.2, 0) is 15.3 Å². The normalized spacial score (nSPS) is 10.7. The third kappa shape index (κ3) is 5.69. The highest BCUT2D eigenvalue weighted by Crippen LogP contribution is 2.11. The first kappa shape index (κ1) is 18.0. The van der Waals surface area contributed by atoms with Gasteiger partial charge in [0.05, 0.1) is 16.7 Å². The lowest BCUT2D eigenvalue weighted by molar-refractivity contribution is -0.137. The lowest BCUT2D eigenvalue weighted by Crippen LogP contribution is -2.25. The fraction of sp³-hybridized carbons (Fsp3) is 0.375. The van der Waals surface area contributed by atoms with Crippen LogP contribution in [0, 0.1) is 0 Å². The summed E-state index contributed by atoms with van der Waals surface area (Å²) in [7, 11) is 0. The summed E-state index contributed by atoms with van der Waals surface area (Å²) in [6.07, 6.45) is 0.821.